The summed E-state index contributed by atoms with van der Waals surface area (Å²) in [6, 6.07) is 13.4. The number of rotatable bonds is 7. The van der Waals surface area contributed by atoms with E-state index >= 15 is 0 Å². The van der Waals surface area contributed by atoms with E-state index in [0.717, 1.165) is 40.7 Å². The van der Waals surface area contributed by atoms with Gasteiger partial charge in [-0.3, -0.25) is 4.98 Å². The number of hydrogen-bond acceptors (Lipinski definition) is 4. The van der Waals surface area contributed by atoms with Gasteiger partial charge in [-0.1, -0.05) is 32.0 Å². The standard InChI is InChI=1S/C21H22N2O3/c1-3-12-26-16-10-8-15(9-11-16)23-20-17-7-5-6-14(4-2)19(17)22-13-18(20)21(24)25/h5-11,13H,3-4,12H2,1-2H3,(H,22,23)(H,24,25). The van der Waals surface area contributed by atoms with Crippen LogP contribution in [-0.4, -0.2) is 22.7 Å². The number of para-hydroxylation sites is 1. The number of ether oxygens (including phenoxy) is 1. The Morgan fingerprint density at radius 1 is 1.15 bits per heavy atom. The first-order valence-corrected chi connectivity index (χ1v) is 8.77. The van der Waals surface area contributed by atoms with Crippen molar-refractivity contribution in [2.24, 2.45) is 0 Å². The van der Waals surface area contributed by atoms with Crippen molar-refractivity contribution < 1.29 is 14.6 Å². The van der Waals surface area contributed by atoms with Crippen LogP contribution >= 0.6 is 0 Å². The number of anilines is 2. The number of carboxylic acids is 1. The lowest BCUT2D eigenvalue weighted by atomic mass is 10.0. The molecule has 0 saturated carbocycles. The third-order valence-electron chi connectivity index (χ3n) is 4.19. The van der Waals surface area contributed by atoms with Gasteiger partial charge in [-0.15, -0.1) is 0 Å². The summed E-state index contributed by atoms with van der Waals surface area (Å²) in [5.74, 6) is -0.213. The molecule has 1 heterocycles. The molecule has 0 radical (unpaired) electrons. The fourth-order valence-corrected chi connectivity index (χ4v) is 2.87. The number of aromatic carboxylic acids is 1. The second-order valence-electron chi connectivity index (χ2n) is 6.02. The van der Waals surface area contributed by atoms with Crippen LogP contribution in [0.3, 0.4) is 0 Å². The molecule has 0 aliphatic rings. The molecule has 134 valence electrons. The van der Waals surface area contributed by atoms with Crippen molar-refractivity contribution in [3.63, 3.8) is 0 Å². The van der Waals surface area contributed by atoms with Crippen LogP contribution < -0.4 is 10.1 Å². The maximum absolute atomic E-state index is 11.7. The van der Waals surface area contributed by atoms with Crippen molar-refractivity contribution in [2.45, 2.75) is 26.7 Å². The lowest BCUT2D eigenvalue weighted by molar-refractivity contribution is 0.0697. The number of aryl methyl sites for hydroxylation is 1. The highest BCUT2D eigenvalue weighted by Gasteiger charge is 2.16. The lowest BCUT2D eigenvalue weighted by Crippen LogP contribution is -2.05. The number of nitrogens with zero attached hydrogens (tertiary/aromatic N) is 1. The normalized spacial score (nSPS) is 10.7. The Morgan fingerprint density at radius 3 is 2.58 bits per heavy atom. The van der Waals surface area contributed by atoms with E-state index in [0.29, 0.717) is 12.3 Å². The highest BCUT2D eigenvalue weighted by molar-refractivity contribution is 6.06. The molecule has 2 N–H and O–H groups in total. The molecule has 0 aliphatic heterocycles. The molecular formula is C21H22N2O3. The minimum atomic E-state index is -1.01. The third kappa shape index (κ3) is 3.61. The van der Waals surface area contributed by atoms with Crippen molar-refractivity contribution in [1.29, 1.82) is 0 Å². The highest BCUT2D eigenvalue weighted by Crippen LogP contribution is 2.31. The first kappa shape index (κ1) is 17.7. The zero-order chi connectivity index (χ0) is 18.5. The summed E-state index contributed by atoms with van der Waals surface area (Å²) < 4.78 is 5.59. The maximum Gasteiger partial charge on any atom is 0.339 e. The van der Waals surface area contributed by atoms with Crippen LogP contribution in [-0.2, 0) is 6.42 Å². The van der Waals surface area contributed by atoms with Crippen LogP contribution in [0.5, 0.6) is 5.75 Å². The highest BCUT2D eigenvalue weighted by atomic mass is 16.5. The molecule has 5 heteroatoms. The molecule has 0 fully saturated rings. The van der Waals surface area contributed by atoms with Gasteiger partial charge in [0.1, 0.15) is 11.3 Å². The number of nitrogens with one attached hydrogen (secondary N) is 1. The first-order chi connectivity index (χ1) is 12.6. The molecule has 0 atom stereocenters. The molecule has 3 aromatic rings. The van der Waals surface area contributed by atoms with Crippen LogP contribution in [0.1, 0.15) is 36.2 Å². The van der Waals surface area contributed by atoms with Crippen molar-refractivity contribution in [3.8, 4) is 5.75 Å². The van der Waals surface area contributed by atoms with Gasteiger partial charge in [-0.25, -0.2) is 4.79 Å². The summed E-state index contributed by atoms with van der Waals surface area (Å²) in [6.07, 6.45) is 3.20. The first-order valence-electron chi connectivity index (χ1n) is 8.77. The van der Waals surface area contributed by atoms with E-state index in [1.54, 1.807) is 0 Å². The zero-order valence-electron chi connectivity index (χ0n) is 15.0. The molecule has 5 nitrogen and oxygen atoms in total. The molecule has 3 rings (SSSR count). The van der Waals surface area contributed by atoms with Crippen molar-refractivity contribution in [2.75, 3.05) is 11.9 Å². The van der Waals surface area contributed by atoms with Crippen LogP contribution in [0.25, 0.3) is 10.9 Å². The van der Waals surface area contributed by atoms with E-state index in [-0.39, 0.29) is 5.56 Å². The topological polar surface area (TPSA) is 71.5 Å². The van der Waals surface area contributed by atoms with E-state index in [4.69, 9.17) is 4.74 Å². The Bertz CT molecular complexity index is 920. The molecule has 2 aromatic carbocycles. The summed E-state index contributed by atoms with van der Waals surface area (Å²) in [4.78, 5) is 16.1. The quantitative estimate of drug-likeness (QED) is 0.625. The van der Waals surface area contributed by atoms with Gasteiger partial charge in [-0.05, 0) is 42.7 Å². The Kier molecular flexibility index (Phi) is 5.37. The van der Waals surface area contributed by atoms with Gasteiger partial charge in [0, 0.05) is 17.3 Å². The van der Waals surface area contributed by atoms with Crippen molar-refractivity contribution in [1.82, 2.24) is 4.98 Å². The molecule has 0 saturated heterocycles. The van der Waals surface area contributed by atoms with Gasteiger partial charge in [0.25, 0.3) is 0 Å². The summed E-state index contributed by atoms with van der Waals surface area (Å²) >= 11 is 0. The lowest BCUT2D eigenvalue weighted by Gasteiger charge is -2.14. The Labute approximate surface area is 152 Å². The molecule has 0 unspecified atom stereocenters. The average Bonchev–Trinajstić information content (AvgIpc) is 2.67. The molecule has 26 heavy (non-hydrogen) atoms. The molecule has 1 aromatic heterocycles. The minimum Gasteiger partial charge on any atom is -0.494 e. The predicted molar refractivity (Wildman–Crippen MR) is 104 cm³/mol. The molecule has 0 spiro atoms. The summed E-state index contributed by atoms with van der Waals surface area (Å²) in [6.45, 7) is 4.79. The second-order valence-corrected chi connectivity index (χ2v) is 6.02. The Hall–Kier alpha value is -3.08. The Balaban J connectivity index is 2.02. The van der Waals surface area contributed by atoms with E-state index < -0.39 is 5.97 Å². The molecular weight excluding hydrogens is 328 g/mol. The predicted octanol–water partition coefficient (Wildman–Crippen LogP) is 5.03. The minimum absolute atomic E-state index is 0.150. The van der Waals surface area contributed by atoms with Gasteiger partial charge in [-0.2, -0.15) is 0 Å². The third-order valence-corrected chi connectivity index (χ3v) is 4.19. The zero-order valence-corrected chi connectivity index (χ0v) is 15.0. The SMILES string of the molecule is CCCOc1ccc(Nc2c(C(=O)O)cnc3c(CC)cccc23)cc1. The number of benzene rings is 2. The van der Waals surface area contributed by atoms with E-state index in [1.165, 1.54) is 6.20 Å². The van der Waals surface area contributed by atoms with Gasteiger partial charge in [0.15, 0.2) is 0 Å². The van der Waals surface area contributed by atoms with Crippen LogP contribution in [0, 0.1) is 0 Å². The smallest absolute Gasteiger partial charge is 0.339 e. The fraction of sp³-hybridized carbons (Fsp3) is 0.238. The molecule has 0 aliphatic carbocycles. The largest absolute Gasteiger partial charge is 0.494 e. The van der Waals surface area contributed by atoms with Crippen LogP contribution in [0.2, 0.25) is 0 Å². The van der Waals surface area contributed by atoms with Crippen LogP contribution in [0.15, 0.2) is 48.7 Å². The van der Waals surface area contributed by atoms with Gasteiger partial charge in [0.05, 0.1) is 17.8 Å². The number of pyridine rings is 1. The van der Waals surface area contributed by atoms with Gasteiger partial charge < -0.3 is 15.2 Å². The van der Waals surface area contributed by atoms with Crippen molar-refractivity contribution in [3.05, 3.63) is 59.8 Å². The summed E-state index contributed by atoms with van der Waals surface area (Å²) in [7, 11) is 0. The Morgan fingerprint density at radius 2 is 1.92 bits per heavy atom. The van der Waals surface area contributed by atoms with Crippen LogP contribution in [0.4, 0.5) is 11.4 Å². The fourth-order valence-electron chi connectivity index (χ4n) is 2.87. The summed E-state index contributed by atoms with van der Waals surface area (Å²) in [5.41, 5.74) is 3.42. The average molecular weight is 350 g/mol. The number of carbonyl (C=O) groups is 1. The number of hydrogen-bond donors (Lipinski definition) is 2. The second kappa shape index (κ2) is 7.87. The number of carboxylic acid groups (broad SMARTS) is 1. The molecule has 0 bridgehead atoms. The number of aromatic nitrogens is 1. The van der Waals surface area contributed by atoms with Crippen molar-refractivity contribution >= 4 is 28.2 Å². The monoisotopic (exact) mass is 350 g/mol. The number of fused-ring (bicyclic) bond motifs is 1. The van der Waals surface area contributed by atoms with E-state index in [1.807, 2.05) is 42.5 Å². The van der Waals surface area contributed by atoms with Gasteiger partial charge >= 0.3 is 5.97 Å². The summed E-state index contributed by atoms with van der Waals surface area (Å²) in [5, 5.41) is 13.6. The van der Waals surface area contributed by atoms with E-state index in [9.17, 15) is 9.90 Å². The van der Waals surface area contributed by atoms with E-state index in [2.05, 4.69) is 24.1 Å². The maximum atomic E-state index is 11.7. The molecule has 0 amide bonds. The van der Waals surface area contributed by atoms with Gasteiger partial charge in [0.2, 0.25) is 0 Å².